The molecular weight excluding hydrogens is 921 g/mol. The standard InChI is InChI=1S/C58H114O12S/c1-3-5-7-9-11-13-15-17-19-21-23-24-25-26-27-28-29-31-33-35-37-39-41-43-45-47-54(60)68-52(51-67-58-56(62)57(70-71(63,64)65)55(61)53(49-59)69-58)50-66-48-46-44-42-40-38-36-34-32-30-22-20-18-16-14-12-10-8-6-4-2/h52-53,55-59,61-62H,3-51H2,1-2H3,(H,63,64,65). The number of hydrogen-bond acceptors (Lipinski definition) is 11. The summed E-state index contributed by atoms with van der Waals surface area (Å²) in [6.45, 7) is 4.09. The van der Waals surface area contributed by atoms with Crippen molar-refractivity contribution >= 4 is 16.4 Å². The predicted molar refractivity (Wildman–Crippen MR) is 290 cm³/mol. The van der Waals surface area contributed by atoms with Gasteiger partial charge in [0.15, 0.2) is 6.29 Å². The van der Waals surface area contributed by atoms with E-state index in [0.717, 1.165) is 38.5 Å². The zero-order valence-electron chi connectivity index (χ0n) is 46.1. The third-order valence-electron chi connectivity index (χ3n) is 14.5. The van der Waals surface area contributed by atoms with Crippen LogP contribution < -0.4 is 0 Å². The van der Waals surface area contributed by atoms with Gasteiger partial charge in [0.25, 0.3) is 0 Å². The van der Waals surface area contributed by atoms with Gasteiger partial charge < -0.3 is 34.3 Å². The highest BCUT2D eigenvalue weighted by atomic mass is 32.3. The predicted octanol–water partition coefficient (Wildman–Crippen LogP) is 15.2. The van der Waals surface area contributed by atoms with Crippen molar-refractivity contribution in [3.63, 3.8) is 0 Å². The Bertz CT molecular complexity index is 1240. The van der Waals surface area contributed by atoms with E-state index in [-0.39, 0.29) is 25.6 Å². The van der Waals surface area contributed by atoms with Gasteiger partial charge >= 0.3 is 16.4 Å². The lowest BCUT2D eigenvalue weighted by Crippen LogP contribution is -2.60. The molecule has 71 heavy (non-hydrogen) atoms. The highest BCUT2D eigenvalue weighted by molar-refractivity contribution is 7.80. The van der Waals surface area contributed by atoms with E-state index >= 15 is 0 Å². The van der Waals surface area contributed by atoms with E-state index in [2.05, 4.69) is 18.0 Å². The topological polar surface area (TPSA) is 178 Å². The molecule has 1 rings (SSSR count). The lowest BCUT2D eigenvalue weighted by molar-refractivity contribution is -0.301. The van der Waals surface area contributed by atoms with Crippen molar-refractivity contribution < 1.29 is 56.2 Å². The molecule has 424 valence electrons. The summed E-state index contributed by atoms with van der Waals surface area (Å²) in [4.78, 5) is 13.0. The number of aliphatic hydroxyl groups is 3. The molecule has 6 atom stereocenters. The lowest BCUT2D eigenvalue weighted by Gasteiger charge is -2.41. The summed E-state index contributed by atoms with van der Waals surface area (Å²) in [5.41, 5.74) is 0. The Morgan fingerprint density at radius 1 is 0.479 bits per heavy atom. The molecule has 0 bridgehead atoms. The summed E-state index contributed by atoms with van der Waals surface area (Å²) in [6.07, 6.45) is 48.6. The van der Waals surface area contributed by atoms with Crippen molar-refractivity contribution in [1.82, 2.24) is 0 Å². The van der Waals surface area contributed by atoms with E-state index in [1.807, 2.05) is 0 Å². The van der Waals surface area contributed by atoms with Crippen molar-refractivity contribution in [1.29, 1.82) is 0 Å². The first-order chi connectivity index (χ1) is 34.6. The van der Waals surface area contributed by atoms with Gasteiger partial charge in [-0.25, -0.2) is 4.18 Å². The van der Waals surface area contributed by atoms with Crippen LogP contribution in [0.2, 0.25) is 0 Å². The normalized spacial score (nSPS) is 18.9. The summed E-state index contributed by atoms with van der Waals surface area (Å²) in [5, 5.41) is 30.9. The van der Waals surface area contributed by atoms with E-state index in [1.54, 1.807) is 0 Å². The van der Waals surface area contributed by atoms with Crippen molar-refractivity contribution in [2.75, 3.05) is 26.4 Å². The van der Waals surface area contributed by atoms with Gasteiger partial charge in [-0.2, -0.15) is 8.42 Å². The van der Waals surface area contributed by atoms with Gasteiger partial charge in [0.2, 0.25) is 0 Å². The molecule has 1 aliphatic heterocycles. The third-order valence-corrected chi connectivity index (χ3v) is 14.9. The second-order valence-corrected chi connectivity index (χ2v) is 22.4. The summed E-state index contributed by atoms with van der Waals surface area (Å²) in [7, 11) is -5.06. The minimum Gasteiger partial charge on any atom is -0.457 e. The van der Waals surface area contributed by atoms with Gasteiger partial charge in [0.1, 0.15) is 30.5 Å². The first kappa shape index (κ1) is 68.1. The molecule has 1 fully saturated rings. The fourth-order valence-electron chi connectivity index (χ4n) is 9.91. The molecule has 13 heteroatoms. The van der Waals surface area contributed by atoms with Crippen LogP contribution in [-0.4, -0.2) is 97.5 Å². The number of carbonyl (C=O) groups excluding carboxylic acids is 1. The largest absolute Gasteiger partial charge is 0.457 e. The monoisotopic (exact) mass is 1030 g/mol. The Balaban J connectivity index is 2.24. The molecule has 0 aromatic carbocycles. The Kier molecular flexibility index (Phi) is 47.9. The maximum atomic E-state index is 13.0. The molecule has 1 aliphatic rings. The van der Waals surface area contributed by atoms with Gasteiger partial charge in [-0.3, -0.25) is 9.35 Å². The van der Waals surface area contributed by atoms with Crippen LogP contribution >= 0.6 is 0 Å². The molecule has 0 aromatic rings. The maximum Gasteiger partial charge on any atom is 0.397 e. The summed E-state index contributed by atoms with van der Waals surface area (Å²) >= 11 is 0. The lowest BCUT2D eigenvalue weighted by atomic mass is 9.99. The minimum atomic E-state index is -5.06. The molecule has 4 N–H and O–H groups in total. The second kappa shape index (κ2) is 49.9. The fraction of sp³-hybridized carbons (Fsp3) is 0.983. The molecule has 0 aromatic heterocycles. The maximum absolute atomic E-state index is 13.0. The van der Waals surface area contributed by atoms with E-state index in [4.69, 9.17) is 18.9 Å². The molecule has 1 saturated heterocycles. The van der Waals surface area contributed by atoms with Crippen molar-refractivity contribution in [2.45, 2.75) is 340 Å². The van der Waals surface area contributed by atoms with Gasteiger partial charge in [0.05, 0.1) is 19.8 Å². The van der Waals surface area contributed by atoms with E-state index in [9.17, 15) is 33.1 Å². The van der Waals surface area contributed by atoms with Crippen LogP contribution in [0.4, 0.5) is 0 Å². The van der Waals surface area contributed by atoms with Crippen LogP contribution in [0.3, 0.4) is 0 Å². The van der Waals surface area contributed by atoms with Gasteiger partial charge in [-0.1, -0.05) is 284 Å². The Labute approximate surface area is 436 Å². The molecule has 0 spiro atoms. The number of rotatable bonds is 55. The summed E-state index contributed by atoms with van der Waals surface area (Å²) < 4.78 is 59.5. The Morgan fingerprint density at radius 2 is 0.803 bits per heavy atom. The van der Waals surface area contributed by atoms with Gasteiger partial charge in [-0.05, 0) is 12.8 Å². The number of aliphatic hydroxyl groups excluding tert-OH is 3. The molecule has 0 amide bonds. The number of esters is 1. The van der Waals surface area contributed by atoms with E-state index in [1.165, 1.54) is 238 Å². The minimum absolute atomic E-state index is 0.0457. The first-order valence-electron chi connectivity index (χ1n) is 30.3. The van der Waals surface area contributed by atoms with Crippen molar-refractivity contribution in [3.8, 4) is 0 Å². The zero-order chi connectivity index (χ0) is 51.7. The number of unbranched alkanes of at least 4 members (excludes halogenated alkanes) is 42. The zero-order valence-corrected chi connectivity index (χ0v) is 46.9. The SMILES string of the molecule is CCCCCCCCCCCCCCCCCCCCCCCCCCCC(=O)OC(COCCCCCCCCCCCCCCCCCCCCC)COC1OC(CO)C(O)C(OS(=O)(=O)O)C1O. The van der Waals surface area contributed by atoms with Crippen molar-refractivity contribution in [2.24, 2.45) is 0 Å². The number of ether oxygens (including phenoxy) is 4. The summed E-state index contributed by atoms with van der Waals surface area (Å²) in [5.74, 6) is -0.388. The molecule has 0 aliphatic carbocycles. The van der Waals surface area contributed by atoms with Crippen LogP contribution in [0.1, 0.15) is 303 Å². The van der Waals surface area contributed by atoms with Gasteiger partial charge in [0, 0.05) is 13.0 Å². The van der Waals surface area contributed by atoms with Crippen molar-refractivity contribution in [3.05, 3.63) is 0 Å². The summed E-state index contributed by atoms with van der Waals surface area (Å²) in [6, 6.07) is 0. The van der Waals surface area contributed by atoms with Crippen LogP contribution in [0.25, 0.3) is 0 Å². The van der Waals surface area contributed by atoms with Crippen LogP contribution in [0.5, 0.6) is 0 Å². The molecule has 6 unspecified atom stereocenters. The van der Waals surface area contributed by atoms with E-state index < -0.39 is 53.8 Å². The van der Waals surface area contributed by atoms with Crippen LogP contribution in [0.15, 0.2) is 0 Å². The number of hydrogen-bond donors (Lipinski definition) is 4. The molecule has 0 saturated carbocycles. The second-order valence-electron chi connectivity index (χ2n) is 21.3. The van der Waals surface area contributed by atoms with Gasteiger partial charge in [-0.15, -0.1) is 0 Å². The average Bonchev–Trinajstić information content (AvgIpc) is 3.35. The molecule has 12 nitrogen and oxygen atoms in total. The molecular formula is C58H114O12S. The highest BCUT2D eigenvalue weighted by Gasteiger charge is 2.48. The van der Waals surface area contributed by atoms with Crippen LogP contribution in [-0.2, 0) is 38.3 Å². The van der Waals surface area contributed by atoms with Crippen LogP contribution in [0, 0.1) is 0 Å². The Hall–Kier alpha value is -0.900. The number of carbonyl (C=O) groups is 1. The fourth-order valence-corrected chi connectivity index (χ4v) is 10.4. The highest BCUT2D eigenvalue weighted by Crippen LogP contribution is 2.26. The molecule has 0 radical (unpaired) electrons. The quantitative estimate of drug-likeness (QED) is 0.0258. The third kappa shape index (κ3) is 43.0. The van der Waals surface area contributed by atoms with E-state index in [0.29, 0.717) is 13.0 Å². The Morgan fingerprint density at radius 3 is 1.13 bits per heavy atom. The molecule has 1 heterocycles. The smallest absolute Gasteiger partial charge is 0.397 e. The first-order valence-corrected chi connectivity index (χ1v) is 31.7. The average molecular weight is 1040 g/mol.